The lowest BCUT2D eigenvalue weighted by Crippen LogP contribution is -2.02. The molecule has 0 atom stereocenters. The fraction of sp³-hybridized carbons (Fsp3) is 0. The largest absolute Gasteiger partial charge is 0.338 e. The molecule has 0 spiro atoms. The Morgan fingerprint density at radius 2 is 1.05 bits per heavy atom. The fourth-order valence-corrected chi connectivity index (χ4v) is 5.29. The molecule has 0 bridgehead atoms. The summed E-state index contributed by atoms with van der Waals surface area (Å²) in [6.45, 7) is 0. The van der Waals surface area contributed by atoms with Gasteiger partial charge in [0.1, 0.15) is 5.82 Å². The maximum Gasteiger partial charge on any atom is 0.138 e. The van der Waals surface area contributed by atoms with E-state index in [1.807, 2.05) is 18.3 Å². The average Bonchev–Trinajstić information content (AvgIpc) is 3.33. The van der Waals surface area contributed by atoms with Crippen LogP contribution >= 0.6 is 0 Å². The minimum absolute atomic E-state index is 0.827. The molecule has 3 heteroatoms. The van der Waals surface area contributed by atoms with Crippen molar-refractivity contribution in [3.8, 4) is 27.9 Å². The number of anilines is 2. The number of benzene rings is 5. The minimum Gasteiger partial charge on any atom is -0.338 e. The molecular weight excluding hydrogens is 462 g/mol. The van der Waals surface area contributed by atoms with Gasteiger partial charge in [0.05, 0.1) is 22.4 Å². The van der Waals surface area contributed by atoms with Crippen molar-refractivity contribution in [3.05, 3.63) is 146 Å². The Kier molecular flexibility index (Phi) is 5.45. The molecular formula is C35H25N3. The topological polar surface area (TPSA) is 29.9 Å². The Morgan fingerprint density at radius 3 is 1.79 bits per heavy atom. The van der Waals surface area contributed by atoms with Crippen LogP contribution in [0.2, 0.25) is 0 Å². The predicted octanol–water partition coefficient (Wildman–Crippen LogP) is 9.26. The van der Waals surface area contributed by atoms with Crippen LogP contribution in [-0.4, -0.2) is 9.55 Å². The molecule has 0 radical (unpaired) electrons. The van der Waals surface area contributed by atoms with Gasteiger partial charge in [-0.3, -0.25) is 0 Å². The highest BCUT2D eigenvalue weighted by molar-refractivity contribution is 6.09. The van der Waals surface area contributed by atoms with Gasteiger partial charge in [0.2, 0.25) is 0 Å². The molecule has 0 aliphatic heterocycles. The van der Waals surface area contributed by atoms with E-state index in [0.717, 1.165) is 28.3 Å². The zero-order valence-electron chi connectivity index (χ0n) is 20.8. The molecule has 1 N–H and O–H groups in total. The second-order valence-electron chi connectivity index (χ2n) is 9.35. The Hall–Kier alpha value is -5.15. The maximum atomic E-state index is 4.76. The van der Waals surface area contributed by atoms with E-state index in [9.17, 15) is 0 Å². The van der Waals surface area contributed by atoms with Gasteiger partial charge >= 0.3 is 0 Å². The Morgan fingerprint density at radius 1 is 0.474 bits per heavy atom. The van der Waals surface area contributed by atoms with Crippen molar-refractivity contribution >= 4 is 33.3 Å². The van der Waals surface area contributed by atoms with E-state index in [2.05, 4.69) is 137 Å². The van der Waals surface area contributed by atoms with E-state index >= 15 is 0 Å². The monoisotopic (exact) mass is 487 g/mol. The van der Waals surface area contributed by atoms with Crippen molar-refractivity contribution in [1.82, 2.24) is 9.55 Å². The van der Waals surface area contributed by atoms with E-state index < -0.39 is 0 Å². The molecule has 3 nitrogen and oxygen atoms in total. The Balaban J connectivity index is 1.32. The van der Waals surface area contributed by atoms with Gasteiger partial charge in [0, 0.05) is 22.5 Å². The van der Waals surface area contributed by atoms with Crippen molar-refractivity contribution < 1.29 is 0 Å². The number of fused-ring (bicyclic) bond motifs is 3. The summed E-state index contributed by atoms with van der Waals surface area (Å²) < 4.78 is 2.34. The first kappa shape index (κ1) is 22.1. The molecule has 2 aromatic heterocycles. The third-order valence-electron chi connectivity index (χ3n) is 7.09. The summed E-state index contributed by atoms with van der Waals surface area (Å²) in [7, 11) is 0. The van der Waals surface area contributed by atoms with Crippen LogP contribution in [0.1, 0.15) is 0 Å². The van der Waals surface area contributed by atoms with Crippen molar-refractivity contribution in [2.24, 2.45) is 0 Å². The van der Waals surface area contributed by atoms with Crippen LogP contribution < -0.4 is 5.32 Å². The second kappa shape index (κ2) is 9.38. The van der Waals surface area contributed by atoms with Gasteiger partial charge in [0.15, 0.2) is 0 Å². The van der Waals surface area contributed by atoms with Crippen LogP contribution in [0.5, 0.6) is 0 Å². The van der Waals surface area contributed by atoms with Gasteiger partial charge < -0.3 is 9.88 Å². The van der Waals surface area contributed by atoms with Crippen LogP contribution in [0.3, 0.4) is 0 Å². The van der Waals surface area contributed by atoms with Crippen molar-refractivity contribution in [3.63, 3.8) is 0 Å². The van der Waals surface area contributed by atoms with E-state index in [1.165, 1.54) is 32.9 Å². The number of nitrogens with one attached hydrogen (secondary N) is 1. The van der Waals surface area contributed by atoms with E-state index in [1.54, 1.807) is 0 Å². The number of pyridine rings is 1. The van der Waals surface area contributed by atoms with Crippen LogP contribution in [0.4, 0.5) is 11.5 Å². The Labute approximate surface area is 221 Å². The van der Waals surface area contributed by atoms with E-state index in [-0.39, 0.29) is 0 Å². The molecule has 0 amide bonds. The SMILES string of the molecule is c1ccc(-c2ccc(-c3cccnc3Nc3ccccc3-n3c4ccccc4c4ccccc43)cc2)cc1. The summed E-state index contributed by atoms with van der Waals surface area (Å²) in [4.78, 5) is 4.76. The van der Waals surface area contributed by atoms with Crippen LogP contribution in [0, 0.1) is 0 Å². The molecule has 2 heterocycles. The molecule has 7 aromatic rings. The van der Waals surface area contributed by atoms with Gasteiger partial charge in [0.25, 0.3) is 0 Å². The van der Waals surface area contributed by atoms with Crippen LogP contribution in [0.15, 0.2) is 146 Å². The molecule has 0 unspecified atom stereocenters. The number of hydrogen-bond acceptors (Lipinski definition) is 2. The van der Waals surface area contributed by atoms with E-state index in [0.29, 0.717) is 0 Å². The first-order valence-corrected chi connectivity index (χ1v) is 12.8. The molecule has 0 fully saturated rings. The summed E-state index contributed by atoms with van der Waals surface area (Å²) in [5.41, 5.74) is 9.04. The van der Waals surface area contributed by atoms with Gasteiger partial charge in [-0.15, -0.1) is 0 Å². The normalized spacial score (nSPS) is 11.2. The molecule has 0 saturated heterocycles. The fourth-order valence-electron chi connectivity index (χ4n) is 5.29. The summed E-state index contributed by atoms with van der Waals surface area (Å²) in [6, 6.07) is 48.9. The highest BCUT2D eigenvalue weighted by Crippen LogP contribution is 2.36. The Bertz CT molecular complexity index is 1830. The number of aromatic nitrogens is 2. The molecule has 7 rings (SSSR count). The van der Waals surface area contributed by atoms with E-state index in [4.69, 9.17) is 4.98 Å². The average molecular weight is 488 g/mol. The zero-order chi connectivity index (χ0) is 25.3. The molecule has 0 aliphatic carbocycles. The third-order valence-corrected chi connectivity index (χ3v) is 7.09. The summed E-state index contributed by atoms with van der Waals surface area (Å²) in [5, 5.41) is 6.16. The second-order valence-corrected chi connectivity index (χ2v) is 9.35. The minimum atomic E-state index is 0.827. The quantitative estimate of drug-likeness (QED) is 0.262. The molecule has 38 heavy (non-hydrogen) atoms. The van der Waals surface area contributed by atoms with Gasteiger partial charge in [-0.05, 0) is 53.1 Å². The van der Waals surface area contributed by atoms with Gasteiger partial charge in [-0.2, -0.15) is 0 Å². The smallest absolute Gasteiger partial charge is 0.138 e. The maximum absolute atomic E-state index is 4.76. The summed E-state index contributed by atoms with van der Waals surface area (Å²) >= 11 is 0. The van der Waals surface area contributed by atoms with Crippen molar-refractivity contribution in [2.75, 3.05) is 5.32 Å². The number of nitrogens with zero attached hydrogens (tertiary/aromatic N) is 2. The molecule has 180 valence electrons. The first-order chi connectivity index (χ1) is 18.9. The molecule has 0 aliphatic rings. The number of para-hydroxylation sites is 4. The lowest BCUT2D eigenvalue weighted by atomic mass is 10.0. The van der Waals surface area contributed by atoms with Crippen LogP contribution in [-0.2, 0) is 0 Å². The first-order valence-electron chi connectivity index (χ1n) is 12.8. The van der Waals surface area contributed by atoms with Crippen molar-refractivity contribution in [1.29, 1.82) is 0 Å². The van der Waals surface area contributed by atoms with Gasteiger partial charge in [-0.25, -0.2) is 4.98 Å². The number of hydrogen-bond donors (Lipinski definition) is 1. The summed E-state index contributed by atoms with van der Waals surface area (Å²) in [5.74, 6) is 0.827. The zero-order valence-corrected chi connectivity index (χ0v) is 20.8. The van der Waals surface area contributed by atoms with Crippen LogP contribution in [0.25, 0.3) is 49.7 Å². The molecule has 0 saturated carbocycles. The number of rotatable bonds is 5. The highest BCUT2D eigenvalue weighted by atomic mass is 15.1. The lowest BCUT2D eigenvalue weighted by Gasteiger charge is -2.17. The lowest BCUT2D eigenvalue weighted by molar-refractivity contribution is 1.17. The predicted molar refractivity (Wildman–Crippen MR) is 159 cm³/mol. The molecule has 5 aromatic carbocycles. The van der Waals surface area contributed by atoms with Gasteiger partial charge in [-0.1, -0.05) is 103 Å². The third kappa shape index (κ3) is 3.82. The summed E-state index contributed by atoms with van der Waals surface area (Å²) in [6.07, 6.45) is 1.84. The highest BCUT2D eigenvalue weighted by Gasteiger charge is 2.15. The van der Waals surface area contributed by atoms with Crippen molar-refractivity contribution in [2.45, 2.75) is 0 Å². The standard InChI is InChI=1S/C35H25N3/c1-2-11-25(12-3-1)26-20-22-27(23-21-26)28-15-10-24-36-35(28)37-31-16-6-9-19-34(31)38-32-17-7-4-13-29(32)30-14-5-8-18-33(30)38/h1-24H,(H,36,37).